The lowest BCUT2D eigenvalue weighted by Crippen LogP contribution is -2.24. The van der Waals surface area contributed by atoms with Gasteiger partial charge in [-0.1, -0.05) is 11.6 Å². The molecule has 2 aromatic heterocycles. The molecule has 29 heavy (non-hydrogen) atoms. The quantitative estimate of drug-likeness (QED) is 0.602. The maximum atomic E-state index is 13.0. The molecule has 3 rings (SSSR count). The van der Waals surface area contributed by atoms with E-state index in [1.54, 1.807) is 25.1 Å². The minimum absolute atomic E-state index is 0.157. The van der Waals surface area contributed by atoms with Crippen molar-refractivity contribution in [3.8, 4) is 11.9 Å². The Hall–Kier alpha value is -3.22. The van der Waals surface area contributed by atoms with Gasteiger partial charge in [-0.2, -0.15) is 10.4 Å². The number of hydrogen-bond donors (Lipinski definition) is 2. The maximum absolute atomic E-state index is 13.0. The van der Waals surface area contributed by atoms with Gasteiger partial charge in [0.25, 0.3) is 11.8 Å². The topological polar surface area (TPSA) is 113 Å². The Morgan fingerprint density at radius 3 is 2.69 bits per heavy atom. The molecule has 0 radical (unpaired) electrons. The minimum atomic E-state index is -0.525. The van der Waals surface area contributed by atoms with Gasteiger partial charge in [-0.25, -0.2) is 9.67 Å². The van der Waals surface area contributed by atoms with Crippen LogP contribution in [-0.2, 0) is 0 Å². The Morgan fingerprint density at radius 1 is 1.28 bits per heavy atom. The number of nitrogens with zero attached hydrogens (tertiary/aromatic N) is 4. The van der Waals surface area contributed by atoms with Crippen molar-refractivity contribution in [3.05, 3.63) is 68.5 Å². The molecule has 2 heterocycles. The summed E-state index contributed by atoms with van der Waals surface area (Å²) in [5, 5.41) is 19.0. The maximum Gasteiger partial charge on any atom is 0.274 e. The smallest absolute Gasteiger partial charge is 0.274 e. The number of hydrogen-bond acceptors (Lipinski definition) is 5. The van der Waals surface area contributed by atoms with E-state index in [9.17, 15) is 14.9 Å². The average Bonchev–Trinajstić information content (AvgIpc) is 3.10. The molecule has 3 aromatic rings. The number of amides is 2. The molecule has 0 aliphatic rings. The number of carbonyl (C=O) groups excluding carboxylic acids is 2. The van der Waals surface area contributed by atoms with Gasteiger partial charge in [0, 0.05) is 19.3 Å². The second-order valence-electron chi connectivity index (χ2n) is 5.93. The normalized spacial score (nSPS) is 10.3. The fourth-order valence-corrected chi connectivity index (χ4v) is 3.29. The monoisotopic (exact) mass is 472 g/mol. The van der Waals surface area contributed by atoms with Crippen molar-refractivity contribution in [2.24, 2.45) is 0 Å². The molecule has 0 atom stereocenters. The molecule has 0 saturated heterocycles. The van der Waals surface area contributed by atoms with E-state index in [1.807, 2.05) is 6.07 Å². The number of anilines is 1. The van der Waals surface area contributed by atoms with E-state index in [4.69, 9.17) is 11.6 Å². The molecule has 0 unspecified atom stereocenters. The zero-order valence-electron chi connectivity index (χ0n) is 15.3. The van der Waals surface area contributed by atoms with Crippen LogP contribution in [0.1, 0.15) is 32.0 Å². The van der Waals surface area contributed by atoms with Crippen molar-refractivity contribution < 1.29 is 9.59 Å². The van der Waals surface area contributed by atoms with Gasteiger partial charge in [-0.3, -0.25) is 9.59 Å². The molecule has 2 N–H and O–H groups in total. The molecular weight excluding hydrogens is 460 g/mol. The lowest BCUT2D eigenvalue weighted by Gasteiger charge is -2.14. The fourth-order valence-electron chi connectivity index (χ4n) is 2.72. The number of carbonyl (C=O) groups is 2. The number of pyridine rings is 1. The van der Waals surface area contributed by atoms with Crippen LogP contribution in [0.2, 0.25) is 5.02 Å². The number of nitriles is 1. The van der Waals surface area contributed by atoms with E-state index in [1.165, 1.54) is 30.1 Å². The molecule has 0 aliphatic carbocycles. The number of halogens is 2. The van der Waals surface area contributed by atoms with Gasteiger partial charge in [-0.05, 0) is 52.7 Å². The van der Waals surface area contributed by atoms with Crippen LogP contribution < -0.4 is 10.6 Å². The summed E-state index contributed by atoms with van der Waals surface area (Å²) in [6, 6.07) is 9.83. The third-order valence-corrected chi connectivity index (χ3v) is 4.71. The second kappa shape index (κ2) is 8.43. The van der Waals surface area contributed by atoms with Crippen LogP contribution in [0.4, 0.5) is 5.69 Å². The molecule has 10 heteroatoms. The van der Waals surface area contributed by atoms with Crippen LogP contribution in [0, 0.1) is 18.3 Å². The van der Waals surface area contributed by atoms with Crippen LogP contribution >= 0.6 is 27.5 Å². The first-order valence-electron chi connectivity index (χ1n) is 8.30. The van der Waals surface area contributed by atoms with E-state index >= 15 is 0 Å². The van der Waals surface area contributed by atoms with Crippen molar-refractivity contribution in [2.45, 2.75) is 6.92 Å². The average molecular weight is 474 g/mol. The van der Waals surface area contributed by atoms with Crippen LogP contribution in [-0.4, -0.2) is 33.6 Å². The zero-order valence-corrected chi connectivity index (χ0v) is 17.7. The predicted octanol–water partition coefficient (Wildman–Crippen LogP) is 3.48. The molecule has 0 spiro atoms. The summed E-state index contributed by atoms with van der Waals surface area (Å²) in [4.78, 5) is 29.5. The number of benzene rings is 1. The van der Waals surface area contributed by atoms with E-state index < -0.39 is 11.8 Å². The van der Waals surface area contributed by atoms with Crippen molar-refractivity contribution >= 4 is 45.0 Å². The molecular formula is C19H14BrClN6O2. The minimum Gasteiger partial charge on any atom is -0.355 e. The van der Waals surface area contributed by atoms with E-state index in [-0.39, 0.29) is 17.1 Å². The van der Waals surface area contributed by atoms with Gasteiger partial charge in [0.05, 0.1) is 27.9 Å². The van der Waals surface area contributed by atoms with Crippen LogP contribution in [0.3, 0.4) is 0 Å². The Kier molecular flexibility index (Phi) is 5.96. The molecule has 0 bridgehead atoms. The highest BCUT2D eigenvalue weighted by atomic mass is 79.9. The summed E-state index contributed by atoms with van der Waals surface area (Å²) in [6.07, 6.45) is 1.53. The lowest BCUT2D eigenvalue weighted by molar-refractivity contribution is 0.0964. The van der Waals surface area contributed by atoms with Gasteiger partial charge in [0.15, 0.2) is 5.82 Å². The molecule has 2 amide bonds. The summed E-state index contributed by atoms with van der Waals surface area (Å²) < 4.78 is 1.72. The zero-order chi connectivity index (χ0) is 21.1. The summed E-state index contributed by atoms with van der Waals surface area (Å²) in [6.45, 7) is 1.70. The predicted molar refractivity (Wildman–Crippen MR) is 111 cm³/mol. The first-order valence-corrected chi connectivity index (χ1v) is 9.47. The molecule has 8 nitrogen and oxygen atoms in total. The number of rotatable bonds is 4. The summed E-state index contributed by atoms with van der Waals surface area (Å²) in [7, 11) is 1.47. The van der Waals surface area contributed by atoms with Gasteiger partial charge in [0.2, 0.25) is 0 Å². The first-order chi connectivity index (χ1) is 13.8. The molecule has 0 fully saturated rings. The Bertz CT molecular complexity index is 1170. The summed E-state index contributed by atoms with van der Waals surface area (Å²) >= 11 is 9.45. The molecule has 146 valence electrons. The van der Waals surface area contributed by atoms with E-state index in [0.29, 0.717) is 26.4 Å². The van der Waals surface area contributed by atoms with Crippen LogP contribution in [0.5, 0.6) is 0 Å². The molecule has 0 aliphatic heterocycles. The third-order valence-electron chi connectivity index (χ3n) is 4.03. The Labute approximate surface area is 179 Å². The van der Waals surface area contributed by atoms with Crippen LogP contribution in [0.15, 0.2) is 41.1 Å². The number of aromatic nitrogens is 3. The number of aryl methyl sites for hydroxylation is 1. The van der Waals surface area contributed by atoms with Crippen molar-refractivity contribution in [3.63, 3.8) is 0 Å². The fraction of sp³-hybridized carbons (Fsp3) is 0.105. The van der Waals surface area contributed by atoms with Crippen molar-refractivity contribution in [2.75, 3.05) is 12.4 Å². The molecule has 0 saturated carbocycles. The van der Waals surface area contributed by atoms with Crippen LogP contribution in [0.25, 0.3) is 5.82 Å². The van der Waals surface area contributed by atoms with Gasteiger partial charge in [0.1, 0.15) is 10.3 Å². The van der Waals surface area contributed by atoms with Gasteiger partial charge < -0.3 is 10.6 Å². The van der Waals surface area contributed by atoms with Crippen molar-refractivity contribution in [1.29, 1.82) is 5.26 Å². The highest BCUT2D eigenvalue weighted by Gasteiger charge is 2.22. The van der Waals surface area contributed by atoms with Crippen molar-refractivity contribution in [1.82, 2.24) is 20.1 Å². The third kappa shape index (κ3) is 4.13. The highest BCUT2D eigenvalue weighted by molar-refractivity contribution is 9.10. The largest absolute Gasteiger partial charge is 0.355 e. The SMILES string of the molecule is CNC(=O)c1cc(C#N)cc(C)c1NC(=O)c1cc(Br)nn1-c1ncccc1Cl. The summed E-state index contributed by atoms with van der Waals surface area (Å²) in [5.74, 6) is -0.668. The van der Waals surface area contributed by atoms with Gasteiger partial charge >= 0.3 is 0 Å². The van der Waals surface area contributed by atoms with E-state index in [0.717, 1.165) is 0 Å². The lowest BCUT2D eigenvalue weighted by atomic mass is 10.0. The molecule has 1 aromatic carbocycles. The Morgan fingerprint density at radius 2 is 2.03 bits per heavy atom. The van der Waals surface area contributed by atoms with E-state index in [2.05, 4.69) is 36.6 Å². The van der Waals surface area contributed by atoms with Gasteiger partial charge in [-0.15, -0.1) is 0 Å². The summed E-state index contributed by atoms with van der Waals surface area (Å²) in [5.41, 5.74) is 1.51. The standard InChI is InChI=1S/C19H14BrClN6O2/c1-10-6-11(9-22)7-12(18(28)23-2)16(10)25-19(29)14-8-15(20)26-27(14)17-13(21)4-3-5-24-17/h3-8H,1-2H3,(H,23,28)(H,25,29). The second-order valence-corrected chi connectivity index (χ2v) is 7.15. The Balaban J connectivity index is 2.06. The number of nitrogens with one attached hydrogen (secondary N) is 2. The first kappa shape index (κ1) is 20.5. The highest BCUT2D eigenvalue weighted by Crippen LogP contribution is 2.26.